The molecule has 1 aliphatic rings. The van der Waals surface area contributed by atoms with E-state index >= 15 is 0 Å². The van der Waals surface area contributed by atoms with E-state index in [2.05, 4.69) is 46.8 Å². The Balaban J connectivity index is 1.31. The number of imidazole rings is 1. The average molecular weight is 462 g/mol. The van der Waals surface area contributed by atoms with E-state index < -0.39 is 0 Å². The first kappa shape index (κ1) is 23.1. The first-order valence-electron chi connectivity index (χ1n) is 12.5. The summed E-state index contributed by atoms with van der Waals surface area (Å²) in [6.07, 6.45) is 8.08. The van der Waals surface area contributed by atoms with Gasteiger partial charge in [0.2, 0.25) is 0 Å². The first-order chi connectivity index (χ1) is 17.1. The number of likely N-dealkylation sites (tertiary alicyclic amines) is 1. The normalized spacial score (nSPS) is 14.0. The quantitative estimate of drug-likeness (QED) is 0.280. The lowest BCUT2D eigenvalue weighted by Crippen LogP contribution is -2.29. The van der Waals surface area contributed by atoms with E-state index in [9.17, 15) is 4.79 Å². The molecule has 0 saturated carbocycles. The van der Waals surface area contributed by atoms with Crippen LogP contribution in [-0.4, -0.2) is 33.2 Å². The topological polar surface area (TPSA) is 37.6 Å². The van der Waals surface area contributed by atoms with Gasteiger partial charge in [-0.15, -0.1) is 0 Å². The molecule has 0 radical (unpaired) electrons. The maximum atomic E-state index is 13.1. The standard InChI is InChI=1S/C31H31N3O/c1-23-9-11-27(20-26(23)13-14-29-21-32-31-8-4-7-17-34(29)31)30(35)19-25-10-12-28(24(2)18-25)22-33-15-5-3-6-16-33/h4,7-12,17-18,20-21H,3,5-6,15-16,19,22H2,1-2H3. The van der Waals surface area contributed by atoms with Crippen molar-refractivity contribution >= 4 is 11.4 Å². The summed E-state index contributed by atoms with van der Waals surface area (Å²) in [7, 11) is 0. The number of nitrogens with zero attached hydrogens (tertiary/aromatic N) is 3. The fourth-order valence-corrected chi connectivity index (χ4v) is 4.78. The molecule has 0 spiro atoms. The van der Waals surface area contributed by atoms with Crippen molar-refractivity contribution in [3.05, 3.63) is 106 Å². The van der Waals surface area contributed by atoms with Crippen LogP contribution in [0.15, 0.2) is 67.0 Å². The Morgan fingerprint density at radius 3 is 2.63 bits per heavy atom. The van der Waals surface area contributed by atoms with Crippen molar-refractivity contribution in [2.45, 2.75) is 46.1 Å². The highest BCUT2D eigenvalue weighted by atomic mass is 16.1. The van der Waals surface area contributed by atoms with Crippen LogP contribution in [0.1, 0.15) is 63.1 Å². The van der Waals surface area contributed by atoms with Crippen molar-refractivity contribution in [3.8, 4) is 11.8 Å². The summed E-state index contributed by atoms with van der Waals surface area (Å²) >= 11 is 0. The van der Waals surface area contributed by atoms with Gasteiger partial charge in [-0.2, -0.15) is 0 Å². The van der Waals surface area contributed by atoms with Gasteiger partial charge >= 0.3 is 0 Å². The van der Waals surface area contributed by atoms with Gasteiger partial charge in [-0.1, -0.05) is 48.7 Å². The number of carbonyl (C=O) groups excluding carboxylic acids is 1. The molecule has 0 N–H and O–H groups in total. The fourth-order valence-electron chi connectivity index (χ4n) is 4.78. The van der Waals surface area contributed by atoms with Crippen molar-refractivity contribution in [1.82, 2.24) is 14.3 Å². The predicted octanol–water partition coefficient (Wildman–Crippen LogP) is 5.76. The summed E-state index contributed by atoms with van der Waals surface area (Å²) in [5.41, 5.74) is 8.02. The predicted molar refractivity (Wildman–Crippen MR) is 141 cm³/mol. The zero-order chi connectivity index (χ0) is 24.2. The van der Waals surface area contributed by atoms with Gasteiger partial charge in [-0.05, 0) is 86.2 Å². The van der Waals surface area contributed by atoms with Crippen molar-refractivity contribution < 1.29 is 4.79 Å². The summed E-state index contributed by atoms with van der Waals surface area (Å²) in [5.74, 6) is 6.59. The van der Waals surface area contributed by atoms with Crippen LogP contribution >= 0.6 is 0 Å². The Kier molecular flexibility index (Phi) is 6.79. The SMILES string of the molecule is Cc1ccc(C(=O)Cc2ccc(CN3CCCCC3)c(C)c2)cc1C#Cc1cnc2ccccn12. The van der Waals surface area contributed by atoms with Gasteiger partial charge in [0.05, 0.1) is 6.20 Å². The maximum Gasteiger partial charge on any atom is 0.167 e. The highest BCUT2D eigenvalue weighted by Crippen LogP contribution is 2.19. The smallest absolute Gasteiger partial charge is 0.167 e. The van der Waals surface area contributed by atoms with Crippen LogP contribution < -0.4 is 0 Å². The largest absolute Gasteiger partial charge is 0.299 e. The van der Waals surface area contributed by atoms with E-state index in [4.69, 9.17) is 0 Å². The Morgan fingerprint density at radius 2 is 1.80 bits per heavy atom. The van der Waals surface area contributed by atoms with E-state index in [0.29, 0.717) is 12.0 Å². The minimum Gasteiger partial charge on any atom is -0.299 e. The minimum atomic E-state index is 0.117. The summed E-state index contributed by atoms with van der Waals surface area (Å²) in [6.45, 7) is 7.57. The lowest BCUT2D eigenvalue weighted by atomic mass is 9.96. The van der Waals surface area contributed by atoms with Crippen molar-refractivity contribution in [1.29, 1.82) is 0 Å². The molecule has 4 heteroatoms. The Hall–Kier alpha value is -3.68. The number of hydrogen-bond donors (Lipinski definition) is 0. The third kappa shape index (κ3) is 5.37. The number of carbonyl (C=O) groups is 1. The molecule has 4 aromatic rings. The average Bonchev–Trinajstić information content (AvgIpc) is 3.29. The molecule has 176 valence electrons. The molecule has 0 aliphatic carbocycles. The van der Waals surface area contributed by atoms with E-state index in [1.807, 2.05) is 53.9 Å². The molecule has 3 heterocycles. The van der Waals surface area contributed by atoms with Crippen LogP contribution in [0, 0.1) is 25.7 Å². The van der Waals surface area contributed by atoms with E-state index in [1.165, 1.54) is 43.5 Å². The van der Waals surface area contributed by atoms with Crippen LogP contribution in [0.2, 0.25) is 0 Å². The van der Waals surface area contributed by atoms with Crippen LogP contribution in [0.25, 0.3) is 5.65 Å². The highest BCUT2D eigenvalue weighted by Gasteiger charge is 2.13. The lowest BCUT2D eigenvalue weighted by Gasteiger charge is -2.27. The summed E-state index contributed by atoms with van der Waals surface area (Å²) in [4.78, 5) is 20.1. The number of rotatable bonds is 5. The Morgan fingerprint density at radius 1 is 0.943 bits per heavy atom. The number of pyridine rings is 1. The molecule has 1 aliphatic heterocycles. The molecule has 0 atom stereocenters. The number of Topliss-reactive ketones (excluding diaryl/α,β-unsaturated/α-hetero) is 1. The summed E-state index contributed by atoms with van der Waals surface area (Å²) in [5, 5.41) is 0. The van der Waals surface area contributed by atoms with Gasteiger partial charge in [-0.25, -0.2) is 4.98 Å². The molecule has 0 amide bonds. The third-order valence-electron chi connectivity index (χ3n) is 6.92. The van der Waals surface area contributed by atoms with Crippen LogP contribution in [0.3, 0.4) is 0 Å². The van der Waals surface area contributed by atoms with Gasteiger partial charge in [0.1, 0.15) is 11.3 Å². The molecular weight excluding hydrogens is 430 g/mol. The second-order valence-electron chi connectivity index (χ2n) is 9.55. The van der Waals surface area contributed by atoms with Gasteiger partial charge in [0.15, 0.2) is 5.78 Å². The van der Waals surface area contributed by atoms with Crippen molar-refractivity contribution in [2.24, 2.45) is 0 Å². The van der Waals surface area contributed by atoms with E-state index in [0.717, 1.165) is 34.6 Å². The van der Waals surface area contributed by atoms with Crippen LogP contribution in [0.5, 0.6) is 0 Å². The highest BCUT2D eigenvalue weighted by molar-refractivity contribution is 5.98. The van der Waals surface area contributed by atoms with Gasteiger partial charge in [-0.3, -0.25) is 14.1 Å². The zero-order valence-corrected chi connectivity index (χ0v) is 20.6. The summed E-state index contributed by atoms with van der Waals surface area (Å²) in [6, 6.07) is 18.2. The fraction of sp³-hybridized carbons (Fsp3) is 0.290. The number of benzene rings is 2. The molecule has 0 unspecified atom stereocenters. The van der Waals surface area contributed by atoms with Crippen molar-refractivity contribution in [2.75, 3.05) is 13.1 Å². The number of aryl methyl sites for hydroxylation is 2. The second-order valence-corrected chi connectivity index (χ2v) is 9.55. The molecule has 4 nitrogen and oxygen atoms in total. The minimum absolute atomic E-state index is 0.117. The first-order valence-corrected chi connectivity index (χ1v) is 12.5. The maximum absolute atomic E-state index is 13.1. The molecule has 35 heavy (non-hydrogen) atoms. The van der Waals surface area contributed by atoms with E-state index in [1.54, 1.807) is 6.20 Å². The third-order valence-corrected chi connectivity index (χ3v) is 6.92. The van der Waals surface area contributed by atoms with Gasteiger partial charge in [0, 0.05) is 30.3 Å². The molecule has 5 rings (SSSR count). The van der Waals surface area contributed by atoms with Gasteiger partial charge in [0.25, 0.3) is 0 Å². The summed E-state index contributed by atoms with van der Waals surface area (Å²) < 4.78 is 1.97. The molecular formula is C31H31N3O. The molecule has 1 saturated heterocycles. The number of ketones is 1. The van der Waals surface area contributed by atoms with E-state index in [-0.39, 0.29) is 5.78 Å². The monoisotopic (exact) mass is 461 g/mol. The van der Waals surface area contributed by atoms with Gasteiger partial charge < -0.3 is 0 Å². The number of piperidine rings is 1. The van der Waals surface area contributed by atoms with Crippen LogP contribution in [-0.2, 0) is 13.0 Å². The van der Waals surface area contributed by atoms with Crippen LogP contribution in [0.4, 0.5) is 0 Å². The second kappa shape index (κ2) is 10.3. The zero-order valence-electron chi connectivity index (χ0n) is 20.6. The molecule has 0 bridgehead atoms. The number of fused-ring (bicyclic) bond motifs is 1. The Bertz CT molecular complexity index is 1430. The Labute approximate surface area is 207 Å². The molecule has 1 fully saturated rings. The molecule has 2 aromatic carbocycles. The number of aromatic nitrogens is 2. The molecule has 2 aromatic heterocycles. The lowest BCUT2D eigenvalue weighted by molar-refractivity contribution is 0.0993. The van der Waals surface area contributed by atoms with Crippen molar-refractivity contribution in [3.63, 3.8) is 0 Å². The number of hydrogen-bond acceptors (Lipinski definition) is 3.